The zero-order valence-corrected chi connectivity index (χ0v) is 12.3. The first-order valence-corrected chi connectivity index (χ1v) is 7.63. The molecule has 0 saturated carbocycles. The van der Waals surface area contributed by atoms with Crippen molar-refractivity contribution >= 4 is 33.9 Å². The Morgan fingerprint density at radius 2 is 2.24 bits per heavy atom. The van der Waals surface area contributed by atoms with E-state index in [0.29, 0.717) is 0 Å². The number of halogens is 1. The largest absolute Gasteiger partial charge is 0.318 e. The lowest BCUT2D eigenvalue weighted by atomic mass is 10.1. The van der Waals surface area contributed by atoms with Crippen molar-refractivity contribution in [2.45, 2.75) is 25.3 Å². The van der Waals surface area contributed by atoms with Gasteiger partial charge in [0.2, 0.25) is 0 Å². The number of rotatable bonds is 2. The summed E-state index contributed by atoms with van der Waals surface area (Å²) in [6.45, 7) is 0. The zero-order chi connectivity index (χ0) is 11.8. The first kappa shape index (κ1) is 11.6. The number of hydrogen-bond donors (Lipinski definition) is 1. The summed E-state index contributed by atoms with van der Waals surface area (Å²) in [5.74, 6) is 0. The van der Waals surface area contributed by atoms with Gasteiger partial charge in [0.25, 0.3) is 0 Å². The van der Waals surface area contributed by atoms with Crippen LogP contribution in [0, 0.1) is 3.57 Å². The van der Waals surface area contributed by atoms with Gasteiger partial charge >= 0.3 is 0 Å². The maximum Gasteiger partial charge on any atom is 0.114 e. The van der Waals surface area contributed by atoms with Crippen molar-refractivity contribution in [2.75, 3.05) is 0 Å². The summed E-state index contributed by atoms with van der Waals surface area (Å²) < 4.78 is 1.22. The molecule has 88 valence electrons. The van der Waals surface area contributed by atoms with Crippen molar-refractivity contribution in [2.24, 2.45) is 5.73 Å². The van der Waals surface area contributed by atoms with E-state index in [9.17, 15) is 0 Å². The average molecular weight is 356 g/mol. The van der Waals surface area contributed by atoms with Gasteiger partial charge < -0.3 is 5.73 Å². The van der Waals surface area contributed by atoms with Crippen LogP contribution in [-0.4, -0.2) is 4.98 Å². The monoisotopic (exact) mass is 356 g/mol. The molecule has 1 aliphatic rings. The predicted octanol–water partition coefficient (Wildman–Crippen LogP) is 3.28. The van der Waals surface area contributed by atoms with E-state index in [1.165, 1.54) is 27.0 Å². The molecular formula is C13H13IN2S. The van der Waals surface area contributed by atoms with Crippen LogP contribution in [0.2, 0.25) is 0 Å². The summed E-state index contributed by atoms with van der Waals surface area (Å²) in [5, 5.41) is 1.07. The summed E-state index contributed by atoms with van der Waals surface area (Å²) in [7, 11) is 0. The molecule has 2 aromatic rings. The number of nitrogens with two attached hydrogens (primary N) is 1. The Bertz CT molecular complexity index is 529. The van der Waals surface area contributed by atoms with Gasteiger partial charge in [-0.25, -0.2) is 4.98 Å². The van der Waals surface area contributed by atoms with E-state index in [-0.39, 0.29) is 6.04 Å². The molecule has 1 heterocycles. The molecule has 1 aromatic carbocycles. The van der Waals surface area contributed by atoms with Crippen molar-refractivity contribution in [1.29, 1.82) is 0 Å². The number of benzene rings is 1. The number of aromatic nitrogens is 1. The third-order valence-electron chi connectivity index (χ3n) is 3.09. The Labute approximate surface area is 118 Å². The third-order valence-corrected chi connectivity index (χ3v) is 5.00. The molecule has 1 atom stereocenters. The van der Waals surface area contributed by atoms with E-state index in [4.69, 9.17) is 5.73 Å². The molecule has 0 radical (unpaired) electrons. The molecule has 0 fully saturated rings. The minimum Gasteiger partial charge on any atom is -0.318 e. The van der Waals surface area contributed by atoms with Gasteiger partial charge in [0.15, 0.2) is 0 Å². The lowest BCUT2D eigenvalue weighted by Gasteiger charge is -2.09. The van der Waals surface area contributed by atoms with Gasteiger partial charge in [0, 0.05) is 8.45 Å². The number of nitrogens with zero attached hydrogens (tertiary/aromatic N) is 1. The molecule has 1 aliphatic carbocycles. The highest BCUT2D eigenvalue weighted by Crippen LogP contribution is 2.32. The Kier molecular flexibility index (Phi) is 3.19. The highest BCUT2D eigenvalue weighted by Gasteiger charge is 2.20. The van der Waals surface area contributed by atoms with Crippen molar-refractivity contribution in [1.82, 2.24) is 4.98 Å². The van der Waals surface area contributed by atoms with E-state index in [0.717, 1.165) is 17.0 Å². The summed E-state index contributed by atoms with van der Waals surface area (Å²) in [5.41, 5.74) is 8.73. The van der Waals surface area contributed by atoms with Crippen molar-refractivity contribution in [3.05, 3.63) is 49.0 Å². The molecule has 0 amide bonds. The fourth-order valence-corrected chi connectivity index (χ4v) is 3.94. The van der Waals surface area contributed by atoms with E-state index in [2.05, 4.69) is 51.8 Å². The predicted molar refractivity (Wildman–Crippen MR) is 79.3 cm³/mol. The van der Waals surface area contributed by atoms with E-state index >= 15 is 0 Å². The Morgan fingerprint density at radius 1 is 1.35 bits per heavy atom. The van der Waals surface area contributed by atoms with Crippen LogP contribution in [0.1, 0.15) is 33.6 Å². The minimum atomic E-state index is -0.0692. The third kappa shape index (κ3) is 2.26. The maximum atomic E-state index is 6.29. The van der Waals surface area contributed by atoms with Gasteiger partial charge in [-0.2, -0.15) is 0 Å². The van der Waals surface area contributed by atoms with E-state index in [1.54, 1.807) is 11.3 Å². The van der Waals surface area contributed by atoms with Crippen LogP contribution < -0.4 is 5.73 Å². The first-order valence-electron chi connectivity index (χ1n) is 5.73. The normalized spacial score (nSPS) is 15.9. The lowest BCUT2D eigenvalue weighted by Crippen LogP contribution is -2.11. The highest BCUT2D eigenvalue weighted by atomic mass is 127. The maximum absolute atomic E-state index is 6.29. The zero-order valence-electron chi connectivity index (χ0n) is 9.32. The fourth-order valence-electron chi connectivity index (χ4n) is 2.19. The van der Waals surface area contributed by atoms with Gasteiger partial charge in [0.1, 0.15) is 5.01 Å². The molecule has 0 spiro atoms. The smallest absolute Gasteiger partial charge is 0.114 e. The standard InChI is InChI=1S/C13H13IN2S/c14-9-4-1-3-8(7-9)12(15)13-16-10-5-2-6-11(10)17-13/h1,3-4,7,12H,2,5-6,15H2. The lowest BCUT2D eigenvalue weighted by molar-refractivity contribution is 0.833. The quantitative estimate of drug-likeness (QED) is 0.839. The van der Waals surface area contributed by atoms with E-state index in [1.807, 2.05) is 0 Å². The van der Waals surface area contributed by atoms with Crippen LogP contribution in [0.3, 0.4) is 0 Å². The SMILES string of the molecule is NC(c1cccc(I)c1)c1nc2c(s1)CCC2. The van der Waals surface area contributed by atoms with E-state index < -0.39 is 0 Å². The fraction of sp³-hybridized carbons (Fsp3) is 0.308. The van der Waals surface area contributed by atoms with Gasteiger partial charge in [-0.15, -0.1) is 11.3 Å². The first-order chi connectivity index (χ1) is 8.24. The number of aryl methyl sites for hydroxylation is 2. The van der Waals surface area contributed by atoms with Crippen LogP contribution in [-0.2, 0) is 12.8 Å². The number of hydrogen-bond acceptors (Lipinski definition) is 3. The van der Waals surface area contributed by atoms with Gasteiger partial charge in [0.05, 0.1) is 11.7 Å². The Hall–Kier alpha value is -0.460. The number of fused-ring (bicyclic) bond motifs is 1. The minimum absolute atomic E-state index is 0.0692. The van der Waals surface area contributed by atoms with Gasteiger partial charge in [-0.3, -0.25) is 0 Å². The Balaban J connectivity index is 1.93. The molecule has 2 N–H and O–H groups in total. The van der Waals surface area contributed by atoms with Crippen LogP contribution in [0.15, 0.2) is 24.3 Å². The van der Waals surface area contributed by atoms with Crippen molar-refractivity contribution < 1.29 is 0 Å². The van der Waals surface area contributed by atoms with Crippen molar-refractivity contribution in [3.63, 3.8) is 0 Å². The molecule has 2 nitrogen and oxygen atoms in total. The second-order valence-electron chi connectivity index (χ2n) is 4.31. The van der Waals surface area contributed by atoms with Crippen LogP contribution in [0.25, 0.3) is 0 Å². The number of thiazole rings is 1. The second-order valence-corrected chi connectivity index (χ2v) is 6.67. The van der Waals surface area contributed by atoms with Gasteiger partial charge in [-0.05, 0) is 59.5 Å². The molecule has 0 aliphatic heterocycles. The second kappa shape index (κ2) is 4.66. The molecule has 1 aromatic heterocycles. The highest BCUT2D eigenvalue weighted by molar-refractivity contribution is 14.1. The summed E-state index contributed by atoms with van der Waals surface area (Å²) >= 11 is 4.11. The Morgan fingerprint density at radius 3 is 3.00 bits per heavy atom. The molecule has 4 heteroatoms. The molecular weight excluding hydrogens is 343 g/mol. The van der Waals surface area contributed by atoms with Crippen LogP contribution in [0.5, 0.6) is 0 Å². The topological polar surface area (TPSA) is 38.9 Å². The van der Waals surface area contributed by atoms with Crippen molar-refractivity contribution in [3.8, 4) is 0 Å². The molecule has 1 unspecified atom stereocenters. The molecule has 0 bridgehead atoms. The summed E-state index contributed by atoms with van der Waals surface area (Å²) in [6, 6.07) is 8.29. The summed E-state index contributed by atoms with van der Waals surface area (Å²) in [4.78, 5) is 6.13. The average Bonchev–Trinajstić information content (AvgIpc) is 2.88. The molecule has 3 rings (SSSR count). The summed E-state index contributed by atoms with van der Waals surface area (Å²) in [6.07, 6.45) is 3.57. The van der Waals surface area contributed by atoms with Gasteiger partial charge in [-0.1, -0.05) is 12.1 Å². The van der Waals surface area contributed by atoms with Crippen LogP contribution >= 0.6 is 33.9 Å². The van der Waals surface area contributed by atoms with Crippen LogP contribution in [0.4, 0.5) is 0 Å². The molecule has 17 heavy (non-hydrogen) atoms. The molecule has 0 saturated heterocycles.